The maximum absolute atomic E-state index is 14.1. The fraction of sp³-hybridized carbons (Fsp3) is 0.435. The molecule has 7 nitrogen and oxygen atoms in total. The summed E-state index contributed by atoms with van der Waals surface area (Å²) in [6.45, 7) is 4.22. The number of anilines is 2. The number of nitrogens with zero attached hydrogens (tertiary/aromatic N) is 2. The van der Waals surface area contributed by atoms with Gasteiger partial charge >= 0.3 is 0 Å². The summed E-state index contributed by atoms with van der Waals surface area (Å²) in [7, 11) is 0. The first kappa shape index (κ1) is 36.6. The normalized spacial score (nSPS) is 19.7. The zero-order valence-corrected chi connectivity index (χ0v) is 32.2. The van der Waals surface area contributed by atoms with E-state index in [2.05, 4.69) is 17.5 Å². The molecule has 54 heavy (non-hydrogen) atoms. The Morgan fingerprint density at radius 3 is 2.50 bits per heavy atom. The number of carbonyl (C=O) groups is 3. The summed E-state index contributed by atoms with van der Waals surface area (Å²) in [6, 6.07) is 23.1. The topological polar surface area (TPSA) is 88.6 Å². The number of thiophene rings is 1. The summed E-state index contributed by atoms with van der Waals surface area (Å²) in [6.07, 6.45) is 16.2. The summed E-state index contributed by atoms with van der Waals surface area (Å²) in [5.74, 6) is 1.21. The molecule has 1 unspecified atom stereocenters. The number of nitrogens with one attached hydrogen (secondary N) is 1. The Labute approximate surface area is 323 Å². The minimum atomic E-state index is -0.176. The standard InChI is InChI=1S/C46H51N3O4S/c1-31-11-17-38(39(47-31)28-33-8-5-22-46(30-33)23-26-53-27-24-46)44(51)48-37-15-13-34(14-16-37)45(52)49-25-21-36(29-35-9-2-3-10-40(35)49)42-19-20-43(54-42)41(50)18-12-32-6-4-7-32/h2-3,9-11,13-17,19-20,29,32-33H,4-8,12,18,21-28,30H2,1H3,(H,48,51). The third-order valence-electron chi connectivity index (χ3n) is 12.4. The fourth-order valence-electron chi connectivity index (χ4n) is 9.09. The Balaban J connectivity index is 0.926. The van der Waals surface area contributed by atoms with Crippen molar-refractivity contribution in [2.75, 3.05) is 30.0 Å². The smallest absolute Gasteiger partial charge is 0.258 e. The van der Waals surface area contributed by atoms with Gasteiger partial charge in [0.2, 0.25) is 0 Å². The van der Waals surface area contributed by atoms with Gasteiger partial charge in [-0.25, -0.2) is 0 Å². The number of amides is 2. The number of fused-ring (bicyclic) bond motifs is 1. The molecule has 2 aliphatic heterocycles. The van der Waals surface area contributed by atoms with E-state index in [1.54, 1.807) is 23.5 Å². The largest absolute Gasteiger partial charge is 0.381 e. The summed E-state index contributed by atoms with van der Waals surface area (Å²) < 4.78 is 5.69. The van der Waals surface area contributed by atoms with Crippen LogP contribution in [0, 0.1) is 24.2 Å². The second kappa shape index (κ2) is 16.1. The van der Waals surface area contributed by atoms with Gasteiger partial charge in [0.25, 0.3) is 11.8 Å². The van der Waals surface area contributed by atoms with Gasteiger partial charge in [-0.2, -0.15) is 0 Å². The Morgan fingerprint density at radius 1 is 0.907 bits per heavy atom. The molecule has 0 bridgehead atoms. The van der Waals surface area contributed by atoms with E-state index in [9.17, 15) is 14.4 Å². The molecular formula is C46H51N3O4S. The fourth-order valence-corrected chi connectivity index (χ4v) is 10.1. The number of ketones is 1. The molecule has 2 amide bonds. The van der Waals surface area contributed by atoms with E-state index >= 15 is 0 Å². The maximum Gasteiger partial charge on any atom is 0.258 e. The lowest BCUT2D eigenvalue weighted by atomic mass is 9.64. The summed E-state index contributed by atoms with van der Waals surface area (Å²) in [5.41, 5.74) is 6.96. The van der Waals surface area contributed by atoms with Crippen LogP contribution in [0.15, 0.2) is 72.8 Å². The first-order valence-electron chi connectivity index (χ1n) is 20.0. The minimum absolute atomic E-state index is 0.0900. The van der Waals surface area contributed by atoms with E-state index in [1.807, 2.05) is 66.4 Å². The van der Waals surface area contributed by atoms with Crippen LogP contribution < -0.4 is 10.2 Å². The molecule has 1 N–H and O–H groups in total. The SMILES string of the molecule is Cc1ccc(C(=O)Nc2ccc(C(=O)N3CCC(c4ccc(C(=O)CCC5CCC5)s4)=Cc4ccccc43)cc2)c(CC2CCCC3(CCOCC3)C2)n1. The predicted molar refractivity (Wildman–Crippen MR) is 217 cm³/mol. The van der Waals surface area contributed by atoms with Gasteiger partial charge in [-0.15, -0.1) is 11.3 Å². The number of aryl methyl sites for hydroxylation is 1. The molecule has 280 valence electrons. The molecule has 1 atom stereocenters. The highest BCUT2D eigenvalue weighted by Gasteiger charge is 2.38. The molecule has 2 aromatic carbocycles. The van der Waals surface area contributed by atoms with Crippen molar-refractivity contribution in [2.24, 2.45) is 17.3 Å². The summed E-state index contributed by atoms with van der Waals surface area (Å²) in [5, 5.41) is 3.08. The monoisotopic (exact) mass is 741 g/mol. The van der Waals surface area contributed by atoms with Crippen molar-refractivity contribution in [3.05, 3.63) is 111 Å². The third-order valence-corrected chi connectivity index (χ3v) is 13.6. The van der Waals surface area contributed by atoms with Crippen LogP contribution in [-0.4, -0.2) is 42.3 Å². The molecule has 1 spiro atoms. The van der Waals surface area contributed by atoms with E-state index in [4.69, 9.17) is 9.72 Å². The number of pyridine rings is 1. The third kappa shape index (κ3) is 8.15. The number of carbonyl (C=O) groups excluding carboxylic acids is 3. The molecule has 2 saturated carbocycles. The van der Waals surface area contributed by atoms with Crippen molar-refractivity contribution >= 4 is 52.0 Å². The van der Waals surface area contributed by atoms with Crippen molar-refractivity contribution in [2.45, 2.75) is 90.4 Å². The molecule has 1 saturated heterocycles. The Kier molecular flexibility index (Phi) is 10.9. The zero-order valence-electron chi connectivity index (χ0n) is 31.4. The number of ether oxygens (including phenoxy) is 1. The van der Waals surface area contributed by atoms with E-state index < -0.39 is 0 Å². The van der Waals surface area contributed by atoms with Crippen molar-refractivity contribution in [3.8, 4) is 0 Å². The van der Waals surface area contributed by atoms with Gasteiger partial charge in [-0.05, 0) is 141 Å². The Morgan fingerprint density at radius 2 is 1.70 bits per heavy atom. The number of aromatic nitrogens is 1. The van der Waals surface area contributed by atoms with Gasteiger partial charge in [-0.1, -0.05) is 50.3 Å². The number of hydrogen-bond donors (Lipinski definition) is 1. The number of hydrogen-bond acceptors (Lipinski definition) is 6. The molecule has 2 aliphatic carbocycles. The number of para-hydroxylation sites is 1. The van der Waals surface area contributed by atoms with E-state index in [-0.39, 0.29) is 17.6 Å². The molecule has 3 fully saturated rings. The molecule has 0 radical (unpaired) electrons. The van der Waals surface area contributed by atoms with Gasteiger partial charge in [0, 0.05) is 48.0 Å². The number of rotatable bonds is 10. The average molecular weight is 742 g/mol. The molecular weight excluding hydrogens is 691 g/mol. The maximum atomic E-state index is 14.1. The van der Waals surface area contributed by atoms with Gasteiger partial charge in [0.1, 0.15) is 0 Å². The van der Waals surface area contributed by atoms with Crippen molar-refractivity contribution in [3.63, 3.8) is 0 Å². The lowest BCUT2D eigenvalue weighted by Crippen LogP contribution is -2.35. The Hall–Kier alpha value is -4.40. The second-order valence-corrected chi connectivity index (χ2v) is 17.2. The van der Waals surface area contributed by atoms with Gasteiger partial charge < -0.3 is 15.0 Å². The van der Waals surface area contributed by atoms with Gasteiger partial charge in [0.15, 0.2) is 5.78 Å². The highest BCUT2D eigenvalue weighted by molar-refractivity contribution is 7.15. The second-order valence-electron chi connectivity index (χ2n) is 16.1. The average Bonchev–Trinajstić information content (AvgIpc) is 3.57. The first-order chi connectivity index (χ1) is 26.3. The van der Waals surface area contributed by atoms with E-state index in [1.165, 1.54) is 44.9 Å². The lowest BCUT2D eigenvalue weighted by molar-refractivity contribution is -0.0172. The molecule has 2 aromatic heterocycles. The summed E-state index contributed by atoms with van der Waals surface area (Å²) >= 11 is 1.57. The van der Waals surface area contributed by atoms with Gasteiger partial charge in [-0.3, -0.25) is 19.4 Å². The van der Waals surface area contributed by atoms with Crippen LogP contribution in [0.1, 0.15) is 129 Å². The van der Waals surface area contributed by atoms with Crippen LogP contribution in [-0.2, 0) is 11.2 Å². The van der Waals surface area contributed by atoms with Crippen molar-refractivity contribution < 1.29 is 19.1 Å². The molecule has 8 heteroatoms. The highest BCUT2D eigenvalue weighted by Crippen LogP contribution is 2.47. The quantitative estimate of drug-likeness (QED) is 0.164. The molecule has 8 rings (SSSR count). The predicted octanol–water partition coefficient (Wildman–Crippen LogP) is 10.6. The van der Waals surface area contributed by atoms with Gasteiger partial charge in [0.05, 0.1) is 21.8 Å². The summed E-state index contributed by atoms with van der Waals surface area (Å²) in [4.78, 5) is 49.4. The lowest BCUT2D eigenvalue weighted by Gasteiger charge is -2.43. The minimum Gasteiger partial charge on any atom is -0.381 e. The van der Waals surface area contributed by atoms with Crippen LogP contribution in [0.25, 0.3) is 11.6 Å². The van der Waals surface area contributed by atoms with Crippen molar-refractivity contribution in [1.82, 2.24) is 4.98 Å². The Bertz CT molecular complexity index is 2030. The van der Waals surface area contributed by atoms with Crippen LogP contribution in [0.2, 0.25) is 0 Å². The van der Waals surface area contributed by atoms with Crippen LogP contribution in [0.4, 0.5) is 11.4 Å². The molecule has 4 aliphatic rings. The number of Topliss-reactive ketones (excluding diaryl/α,β-unsaturated/α-hetero) is 1. The first-order valence-corrected chi connectivity index (χ1v) is 20.8. The highest BCUT2D eigenvalue weighted by atomic mass is 32.1. The van der Waals surface area contributed by atoms with Crippen LogP contribution >= 0.6 is 11.3 Å². The molecule has 4 heterocycles. The van der Waals surface area contributed by atoms with Crippen molar-refractivity contribution in [1.29, 1.82) is 0 Å². The van der Waals surface area contributed by atoms with Crippen LogP contribution in [0.5, 0.6) is 0 Å². The zero-order chi connectivity index (χ0) is 37.1. The molecule has 4 aromatic rings. The van der Waals surface area contributed by atoms with E-state index in [0.29, 0.717) is 47.5 Å². The van der Waals surface area contributed by atoms with E-state index in [0.717, 1.165) is 82.8 Å². The van der Waals surface area contributed by atoms with Crippen LogP contribution in [0.3, 0.4) is 0 Å². The number of benzene rings is 2.